The van der Waals surface area contributed by atoms with Crippen LogP contribution in [0.15, 0.2) is 23.1 Å². The smallest absolute Gasteiger partial charge is 0.270 e. The molecule has 0 spiro atoms. The molecule has 0 aliphatic carbocycles. The Morgan fingerprint density at radius 2 is 2.24 bits per heavy atom. The third kappa shape index (κ3) is 3.78. The van der Waals surface area contributed by atoms with Gasteiger partial charge in [-0.05, 0) is 31.4 Å². The van der Waals surface area contributed by atoms with Gasteiger partial charge in [-0.2, -0.15) is 0 Å². The third-order valence-electron chi connectivity index (χ3n) is 3.55. The number of nitrogens with zero attached hydrogens (tertiary/aromatic N) is 1. The Hall–Kier alpha value is -1.51. The highest BCUT2D eigenvalue weighted by atomic mass is 32.2. The van der Waals surface area contributed by atoms with E-state index in [0.717, 1.165) is 25.5 Å². The van der Waals surface area contributed by atoms with Gasteiger partial charge in [-0.1, -0.05) is 13.0 Å². The van der Waals surface area contributed by atoms with E-state index in [9.17, 15) is 18.5 Å². The summed E-state index contributed by atoms with van der Waals surface area (Å²) in [6, 6.07) is 3.80. The number of non-ortho nitro benzene ring substituents is 1. The first-order chi connectivity index (χ1) is 9.94. The number of nitrogens with one attached hydrogen (secondary N) is 2. The summed E-state index contributed by atoms with van der Waals surface area (Å²) in [4.78, 5) is 10.3. The van der Waals surface area contributed by atoms with Crippen molar-refractivity contribution in [1.29, 1.82) is 0 Å². The van der Waals surface area contributed by atoms with Crippen molar-refractivity contribution >= 4 is 15.7 Å². The van der Waals surface area contributed by atoms with E-state index in [-0.39, 0.29) is 16.6 Å². The maximum absolute atomic E-state index is 12.5. The molecule has 116 valence electrons. The number of nitro benzene ring substituents is 1. The Morgan fingerprint density at radius 3 is 2.81 bits per heavy atom. The zero-order valence-electron chi connectivity index (χ0n) is 11.8. The lowest BCUT2D eigenvalue weighted by Crippen LogP contribution is -2.45. The number of sulfonamides is 1. The summed E-state index contributed by atoms with van der Waals surface area (Å²) < 4.78 is 27.6. The van der Waals surface area contributed by atoms with Gasteiger partial charge >= 0.3 is 0 Å². The summed E-state index contributed by atoms with van der Waals surface area (Å²) in [5.74, 6) is 0. The molecular formula is C13H19N3O4S. The minimum Gasteiger partial charge on any atom is -0.315 e. The van der Waals surface area contributed by atoms with Gasteiger partial charge in [-0.25, -0.2) is 13.1 Å². The number of benzene rings is 1. The van der Waals surface area contributed by atoms with Gasteiger partial charge in [-0.15, -0.1) is 0 Å². The topological polar surface area (TPSA) is 101 Å². The second-order valence-electron chi connectivity index (χ2n) is 5.07. The lowest BCUT2D eigenvalue weighted by atomic mass is 10.1. The summed E-state index contributed by atoms with van der Waals surface area (Å²) in [6.45, 7) is 3.28. The van der Waals surface area contributed by atoms with Gasteiger partial charge < -0.3 is 5.32 Å². The van der Waals surface area contributed by atoms with Gasteiger partial charge in [0.25, 0.3) is 5.69 Å². The van der Waals surface area contributed by atoms with Crippen LogP contribution < -0.4 is 10.0 Å². The second-order valence-corrected chi connectivity index (χ2v) is 6.75. The van der Waals surface area contributed by atoms with E-state index < -0.39 is 14.9 Å². The van der Waals surface area contributed by atoms with Gasteiger partial charge in [0, 0.05) is 24.7 Å². The average molecular weight is 313 g/mol. The Morgan fingerprint density at radius 1 is 1.48 bits per heavy atom. The Balaban J connectivity index is 2.32. The predicted octanol–water partition coefficient (Wildman–Crippen LogP) is 1.19. The highest BCUT2D eigenvalue weighted by Gasteiger charge is 2.25. The minimum atomic E-state index is -3.75. The summed E-state index contributed by atoms with van der Waals surface area (Å²) in [6.07, 6.45) is 2.17. The van der Waals surface area contributed by atoms with E-state index in [4.69, 9.17) is 0 Å². The van der Waals surface area contributed by atoms with Crippen molar-refractivity contribution in [3.05, 3.63) is 33.9 Å². The fourth-order valence-corrected chi connectivity index (χ4v) is 4.03. The van der Waals surface area contributed by atoms with E-state index in [2.05, 4.69) is 10.0 Å². The Bertz CT molecular complexity index is 624. The molecule has 0 saturated carbocycles. The van der Waals surface area contributed by atoms with Crippen LogP contribution in [-0.2, 0) is 16.4 Å². The molecule has 1 aromatic carbocycles. The molecule has 2 rings (SSSR count). The van der Waals surface area contributed by atoms with Crippen molar-refractivity contribution in [2.75, 3.05) is 13.1 Å². The summed E-state index contributed by atoms with van der Waals surface area (Å²) in [7, 11) is -3.75. The van der Waals surface area contributed by atoms with Crippen LogP contribution in [0.1, 0.15) is 25.3 Å². The van der Waals surface area contributed by atoms with Crippen molar-refractivity contribution in [2.24, 2.45) is 0 Å². The lowest BCUT2D eigenvalue weighted by Gasteiger charge is -2.24. The molecule has 0 radical (unpaired) electrons. The van der Waals surface area contributed by atoms with Gasteiger partial charge in [0.15, 0.2) is 0 Å². The number of hydrogen-bond acceptors (Lipinski definition) is 5. The molecule has 0 amide bonds. The van der Waals surface area contributed by atoms with Crippen molar-refractivity contribution < 1.29 is 13.3 Å². The molecule has 1 atom stereocenters. The van der Waals surface area contributed by atoms with Crippen molar-refractivity contribution in [3.63, 3.8) is 0 Å². The minimum absolute atomic E-state index is 0.00442. The van der Waals surface area contributed by atoms with E-state index in [0.29, 0.717) is 18.5 Å². The molecule has 0 bridgehead atoms. The molecule has 1 aliphatic heterocycles. The van der Waals surface area contributed by atoms with Crippen LogP contribution in [0.3, 0.4) is 0 Å². The fourth-order valence-electron chi connectivity index (χ4n) is 2.43. The standard InChI is InChI=1S/C13H19N3O4S/c1-2-10-5-6-12(16(17)18)8-13(10)21(19,20)15-11-4-3-7-14-9-11/h5-6,8,11,14-15H,2-4,7,9H2,1H3. The maximum Gasteiger partial charge on any atom is 0.270 e. The van der Waals surface area contributed by atoms with Crippen LogP contribution in [-0.4, -0.2) is 32.5 Å². The third-order valence-corrected chi connectivity index (χ3v) is 5.15. The van der Waals surface area contributed by atoms with Crippen LogP contribution in [0.5, 0.6) is 0 Å². The SMILES string of the molecule is CCc1ccc([N+](=O)[O-])cc1S(=O)(=O)NC1CCCNC1. The normalized spacial score (nSPS) is 19.4. The maximum atomic E-state index is 12.5. The molecule has 7 nitrogen and oxygen atoms in total. The molecule has 1 fully saturated rings. The van der Waals surface area contributed by atoms with Crippen LogP contribution in [0, 0.1) is 10.1 Å². The van der Waals surface area contributed by atoms with Gasteiger partial charge in [0.05, 0.1) is 9.82 Å². The van der Waals surface area contributed by atoms with Crippen molar-refractivity contribution in [1.82, 2.24) is 10.0 Å². The van der Waals surface area contributed by atoms with Crippen LogP contribution in [0.25, 0.3) is 0 Å². The molecule has 1 heterocycles. The number of aryl methyl sites for hydroxylation is 1. The first-order valence-corrected chi connectivity index (χ1v) is 8.42. The highest BCUT2D eigenvalue weighted by molar-refractivity contribution is 7.89. The van der Waals surface area contributed by atoms with Crippen LogP contribution in [0.2, 0.25) is 0 Å². The summed E-state index contributed by atoms with van der Waals surface area (Å²) >= 11 is 0. The quantitative estimate of drug-likeness (QED) is 0.628. The Kier molecular flexibility index (Phi) is 4.92. The molecule has 0 aromatic heterocycles. The molecule has 8 heteroatoms. The fraction of sp³-hybridized carbons (Fsp3) is 0.538. The van der Waals surface area contributed by atoms with Gasteiger partial charge in [0.1, 0.15) is 0 Å². The first kappa shape index (κ1) is 15.9. The van der Waals surface area contributed by atoms with Gasteiger partial charge in [0.2, 0.25) is 10.0 Å². The number of hydrogen-bond donors (Lipinski definition) is 2. The molecular weight excluding hydrogens is 294 g/mol. The van der Waals surface area contributed by atoms with Gasteiger partial charge in [-0.3, -0.25) is 10.1 Å². The zero-order chi connectivity index (χ0) is 15.5. The molecule has 21 heavy (non-hydrogen) atoms. The molecule has 1 saturated heterocycles. The van der Waals surface area contributed by atoms with E-state index in [1.807, 2.05) is 6.92 Å². The monoisotopic (exact) mass is 313 g/mol. The second kappa shape index (κ2) is 6.50. The summed E-state index contributed by atoms with van der Waals surface area (Å²) in [5.41, 5.74) is 0.367. The van der Waals surface area contributed by atoms with Crippen LogP contribution in [0.4, 0.5) is 5.69 Å². The lowest BCUT2D eigenvalue weighted by molar-refractivity contribution is -0.385. The predicted molar refractivity (Wildman–Crippen MR) is 78.7 cm³/mol. The molecule has 1 unspecified atom stereocenters. The number of rotatable bonds is 5. The highest BCUT2D eigenvalue weighted by Crippen LogP contribution is 2.23. The summed E-state index contributed by atoms with van der Waals surface area (Å²) in [5, 5.41) is 14.0. The van der Waals surface area contributed by atoms with Crippen LogP contribution >= 0.6 is 0 Å². The average Bonchev–Trinajstić information content (AvgIpc) is 2.47. The first-order valence-electron chi connectivity index (χ1n) is 6.94. The van der Waals surface area contributed by atoms with Crippen molar-refractivity contribution in [2.45, 2.75) is 37.1 Å². The number of nitro groups is 1. The Labute approximate surface area is 123 Å². The number of piperidine rings is 1. The van der Waals surface area contributed by atoms with Crippen molar-refractivity contribution in [3.8, 4) is 0 Å². The molecule has 1 aromatic rings. The van der Waals surface area contributed by atoms with E-state index in [1.54, 1.807) is 0 Å². The molecule has 1 aliphatic rings. The largest absolute Gasteiger partial charge is 0.315 e. The zero-order valence-corrected chi connectivity index (χ0v) is 12.6. The van der Waals surface area contributed by atoms with E-state index in [1.165, 1.54) is 12.1 Å². The molecule has 2 N–H and O–H groups in total. The van der Waals surface area contributed by atoms with E-state index >= 15 is 0 Å².